The van der Waals surface area contributed by atoms with E-state index in [1.165, 1.54) is 6.07 Å². The summed E-state index contributed by atoms with van der Waals surface area (Å²) in [7, 11) is -4.48. The number of nitrogens with zero attached hydrogens (tertiary/aromatic N) is 1. The Kier molecular flexibility index (Phi) is 4.31. The minimum Gasteiger partial charge on any atom is -1.00 e. The molecule has 0 radical (unpaired) electrons. The van der Waals surface area contributed by atoms with Crippen LogP contribution in [0.5, 0.6) is 5.88 Å². The van der Waals surface area contributed by atoms with Crippen molar-refractivity contribution in [2.24, 2.45) is 0 Å². The zero-order valence-electron chi connectivity index (χ0n) is 6.67. The Hall–Kier alpha value is 0.160. The van der Waals surface area contributed by atoms with Gasteiger partial charge in [0.05, 0.1) is 0 Å². The summed E-state index contributed by atoms with van der Waals surface area (Å²) < 4.78 is 18.3. The number of rotatable bonds is 2. The smallest absolute Gasteiger partial charge is 1.00 e. The van der Waals surface area contributed by atoms with Crippen LogP contribution >= 0.6 is 7.82 Å². The Labute approximate surface area is 85.5 Å². The van der Waals surface area contributed by atoms with Crippen LogP contribution < -0.4 is 34.1 Å². The molecule has 8 heteroatoms. The molecule has 1 aromatic heterocycles. The van der Waals surface area contributed by atoms with E-state index >= 15 is 0 Å². The molecule has 0 unspecified atom stereocenters. The van der Waals surface area contributed by atoms with E-state index in [9.17, 15) is 4.57 Å². The van der Waals surface area contributed by atoms with Crippen LogP contribution in [0.3, 0.4) is 0 Å². The quantitative estimate of drug-likeness (QED) is 0.387. The third kappa shape index (κ3) is 4.58. The average molecular weight is 189 g/mol. The van der Waals surface area contributed by atoms with Crippen LogP contribution in [0.25, 0.3) is 0 Å². The standard InChI is InChI=1S/C3H4NO5P.Na.H/c5-10(6,7)9-3-1-2-8-4-3;;/h1-2H,(H2,5,6,7);;/q;+1;-1. The van der Waals surface area contributed by atoms with E-state index in [0.29, 0.717) is 0 Å². The Bertz CT molecular complexity index is 247. The molecule has 0 aliphatic carbocycles. The fourth-order valence-corrected chi connectivity index (χ4v) is 0.708. The van der Waals surface area contributed by atoms with Gasteiger partial charge in [-0.1, -0.05) is 0 Å². The summed E-state index contributed by atoms with van der Waals surface area (Å²) in [6.07, 6.45) is 1.14. The van der Waals surface area contributed by atoms with Crippen molar-refractivity contribution in [1.82, 2.24) is 5.16 Å². The molecular formula is C3H5NNaO5P. The van der Waals surface area contributed by atoms with Crippen molar-refractivity contribution in [3.05, 3.63) is 12.3 Å². The molecule has 11 heavy (non-hydrogen) atoms. The predicted molar refractivity (Wildman–Crippen MR) is 30.3 cm³/mol. The molecule has 58 valence electrons. The van der Waals surface area contributed by atoms with Gasteiger partial charge in [0.2, 0.25) is 0 Å². The summed E-state index contributed by atoms with van der Waals surface area (Å²) in [5.41, 5.74) is 0. The number of phosphoric acid groups is 1. The summed E-state index contributed by atoms with van der Waals surface area (Å²) in [6, 6.07) is 1.19. The number of aromatic nitrogens is 1. The van der Waals surface area contributed by atoms with Gasteiger partial charge in [-0.3, -0.25) is 9.79 Å². The van der Waals surface area contributed by atoms with Gasteiger partial charge in [0.1, 0.15) is 6.26 Å². The molecule has 0 atom stereocenters. The van der Waals surface area contributed by atoms with Gasteiger partial charge in [-0.15, -0.1) is 0 Å². The molecule has 0 spiro atoms. The van der Waals surface area contributed by atoms with Crippen molar-refractivity contribution in [2.75, 3.05) is 0 Å². The minimum atomic E-state index is -4.48. The average Bonchev–Trinajstić information content (AvgIpc) is 2.12. The van der Waals surface area contributed by atoms with E-state index in [4.69, 9.17) is 9.79 Å². The summed E-state index contributed by atoms with van der Waals surface area (Å²) in [5.74, 6) is -0.228. The normalized spacial score (nSPS) is 10.4. The van der Waals surface area contributed by atoms with Crippen LogP contribution in [0.4, 0.5) is 0 Å². The molecule has 0 bridgehead atoms. The maximum absolute atomic E-state index is 10.1. The molecule has 0 aliphatic rings. The second kappa shape index (κ2) is 4.25. The topological polar surface area (TPSA) is 92.8 Å². The molecule has 0 aromatic carbocycles. The third-order valence-electron chi connectivity index (χ3n) is 0.627. The molecule has 0 fully saturated rings. The Morgan fingerprint density at radius 2 is 2.36 bits per heavy atom. The van der Waals surface area contributed by atoms with Crippen molar-refractivity contribution in [3.63, 3.8) is 0 Å². The molecular weight excluding hydrogens is 184 g/mol. The zero-order chi connectivity index (χ0) is 7.61. The van der Waals surface area contributed by atoms with Gasteiger partial charge < -0.3 is 10.5 Å². The molecule has 1 heterocycles. The first-order valence-electron chi connectivity index (χ1n) is 2.23. The Balaban J connectivity index is 0. The largest absolute Gasteiger partial charge is 1.00 e. The van der Waals surface area contributed by atoms with Crippen LogP contribution in [0, 0.1) is 0 Å². The second-order valence-corrected chi connectivity index (χ2v) is 2.58. The summed E-state index contributed by atoms with van der Waals surface area (Å²) in [6.45, 7) is 0. The second-order valence-electron chi connectivity index (χ2n) is 1.42. The van der Waals surface area contributed by atoms with Gasteiger partial charge in [0.25, 0.3) is 5.88 Å². The molecule has 0 saturated carbocycles. The van der Waals surface area contributed by atoms with Gasteiger partial charge in [-0.25, -0.2) is 4.57 Å². The van der Waals surface area contributed by atoms with E-state index < -0.39 is 7.82 Å². The molecule has 1 aromatic rings. The van der Waals surface area contributed by atoms with Crippen LogP contribution in [0.2, 0.25) is 0 Å². The van der Waals surface area contributed by atoms with Gasteiger partial charge in [0, 0.05) is 6.07 Å². The van der Waals surface area contributed by atoms with Gasteiger partial charge in [-0.2, -0.15) is 0 Å². The van der Waals surface area contributed by atoms with Gasteiger partial charge >= 0.3 is 37.4 Å². The van der Waals surface area contributed by atoms with Gasteiger partial charge in [-0.05, 0) is 5.16 Å². The van der Waals surface area contributed by atoms with E-state index in [2.05, 4.69) is 14.2 Å². The zero-order valence-corrected chi connectivity index (χ0v) is 8.56. The molecule has 0 aliphatic heterocycles. The molecule has 0 saturated heterocycles. The van der Waals surface area contributed by atoms with Crippen molar-refractivity contribution >= 4 is 7.82 Å². The molecule has 2 N–H and O–H groups in total. The van der Waals surface area contributed by atoms with Crippen LogP contribution in [-0.2, 0) is 4.57 Å². The number of phosphoric ester groups is 1. The maximum Gasteiger partial charge on any atom is 1.00 e. The monoisotopic (exact) mass is 189 g/mol. The summed E-state index contributed by atoms with van der Waals surface area (Å²) in [5, 5.41) is 3.11. The van der Waals surface area contributed by atoms with Crippen LogP contribution in [0.15, 0.2) is 16.9 Å². The first-order valence-corrected chi connectivity index (χ1v) is 3.76. The maximum atomic E-state index is 10.1. The third-order valence-corrected chi connectivity index (χ3v) is 1.05. The van der Waals surface area contributed by atoms with E-state index in [0.717, 1.165) is 6.26 Å². The molecule has 0 amide bonds. The Morgan fingerprint density at radius 1 is 1.73 bits per heavy atom. The fraction of sp³-hybridized carbons (Fsp3) is 0. The minimum absolute atomic E-state index is 0. The van der Waals surface area contributed by atoms with Crippen molar-refractivity contribution in [2.45, 2.75) is 0 Å². The van der Waals surface area contributed by atoms with Crippen molar-refractivity contribution in [3.8, 4) is 5.88 Å². The van der Waals surface area contributed by atoms with Crippen LogP contribution in [0.1, 0.15) is 1.43 Å². The fourth-order valence-electron chi connectivity index (χ4n) is 0.370. The summed E-state index contributed by atoms with van der Waals surface area (Å²) in [4.78, 5) is 16.4. The van der Waals surface area contributed by atoms with E-state index in [1.807, 2.05) is 0 Å². The number of hydrogen-bond acceptors (Lipinski definition) is 4. The first kappa shape index (κ1) is 11.2. The van der Waals surface area contributed by atoms with Gasteiger partial charge in [0.15, 0.2) is 0 Å². The SMILES string of the molecule is O=P(O)(O)Oc1ccon1.[H-].[Na+]. The van der Waals surface area contributed by atoms with E-state index in [1.54, 1.807) is 0 Å². The number of hydrogen-bond donors (Lipinski definition) is 2. The van der Waals surface area contributed by atoms with Crippen molar-refractivity contribution < 1.29 is 54.4 Å². The molecule has 1 rings (SSSR count). The first-order chi connectivity index (χ1) is 4.58. The van der Waals surface area contributed by atoms with Crippen LogP contribution in [-0.4, -0.2) is 14.9 Å². The van der Waals surface area contributed by atoms with E-state index in [-0.39, 0.29) is 36.9 Å². The Morgan fingerprint density at radius 3 is 2.73 bits per heavy atom. The summed E-state index contributed by atoms with van der Waals surface area (Å²) >= 11 is 0. The van der Waals surface area contributed by atoms with Crippen molar-refractivity contribution in [1.29, 1.82) is 0 Å². The predicted octanol–water partition coefficient (Wildman–Crippen LogP) is -2.74. The molecule has 6 nitrogen and oxygen atoms in total.